The van der Waals surface area contributed by atoms with Crippen LogP contribution in [-0.4, -0.2) is 10.4 Å². The summed E-state index contributed by atoms with van der Waals surface area (Å²) in [5.74, 6) is 0.764. The average Bonchev–Trinajstić information content (AvgIpc) is 3.65. The molecule has 1 heterocycles. The normalized spacial score (nSPS) is 13.9. The zero-order chi connectivity index (χ0) is 35.2. The van der Waals surface area contributed by atoms with Crippen molar-refractivity contribution >= 4 is 27.6 Å². The van der Waals surface area contributed by atoms with Crippen LogP contribution in [0.5, 0.6) is 0 Å². The third-order valence-electron chi connectivity index (χ3n) is 10.7. The van der Waals surface area contributed by atoms with Gasteiger partial charge >= 0.3 is 0 Å². The van der Waals surface area contributed by atoms with Crippen LogP contribution in [0, 0.1) is 0 Å². The van der Waals surface area contributed by atoms with Crippen LogP contribution >= 0.6 is 0 Å². The lowest BCUT2D eigenvalue weighted by molar-refractivity contribution is 0.664. The van der Waals surface area contributed by atoms with E-state index < -0.39 is 6.17 Å². The number of nitrogens with zero attached hydrogens (tertiary/aromatic N) is 2. The molecule has 1 aliphatic rings. The number of hydrogen-bond acceptors (Lipinski definition) is 2. The Morgan fingerprint density at radius 3 is 2.15 bits per heavy atom. The lowest BCUT2D eigenvalue weighted by Crippen LogP contribution is -2.34. The topological polar surface area (TPSA) is 55.3 Å². The molecular formula is C48H40N4. The van der Waals surface area contributed by atoms with Gasteiger partial charge in [0.15, 0.2) is 0 Å². The molecule has 9 rings (SSSR count). The van der Waals surface area contributed by atoms with Gasteiger partial charge in [-0.15, -0.1) is 0 Å². The summed E-state index contributed by atoms with van der Waals surface area (Å²) in [6, 6.07) is 60.2. The summed E-state index contributed by atoms with van der Waals surface area (Å²) in [5.41, 5.74) is 21.1. The fourth-order valence-corrected chi connectivity index (χ4v) is 8.11. The maximum Gasteiger partial charge on any atom is 0.130 e. The van der Waals surface area contributed by atoms with Crippen LogP contribution in [0.3, 0.4) is 0 Å². The van der Waals surface area contributed by atoms with Gasteiger partial charge in [0.2, 0.25) is 0 Å². The van der Waals surface area contributed by atoms with Gasteiger partial charge in [0.25, 0.3) is 0 Å². The van der Waals surface area contributed by atoms with Gasteiger partial charge in [0.05, 0.1) is 17.6 Å². The minimum Gasteiger partial charge on any atom is -0.351 e. The molecule has 7 aromatic carbocycles. The van der Waals surface area contributed by atoms with E-state index in [9.17, 15) is 0 Å². The van der Waals surface area contributed by atoms with E-state index in [4.69, 9.17) is 10.7 Å². The summed E-state index contributed by atoms with van der Waals surface area (Å²) in [7, 11) is 0. The van der Waals surface area contributed by atoms with Crippen molar-refractivity contribution in [1.82, 2.24) is 9.88 Å². The van der Waals surface area contributed by atoms with Crippen molar-refractivity contribution < 1.29 is 0 Å². The molecule has 4 nitrogen and oxygen atoms in total. The molecular weight excluding hydrogens is 633 g/mol. The van der Waals surface area contributed by atoms with Gasteiger partial charge in [-0.25, -0.2) is 0 Å². The number of hydrogen-bond donors (Lipinski definition) is 2. The predicted molar refractivity (Wildman–Crippen MR) is 217 cm³/mol. The minimum absolute atomic E-state index is 0.143. The second-order valence-corrected chi connectivity index (χ2v) is 14.2. The Hall–Kier alpha value is -6.23. The Morgan fingerprint density at radius 2 is 1.35 bits per heavy atom. The van der Waals surface area contributed by atoms with Crippen molar-refractivity contribution in [1.29, 1.82) is 0 Å². The average molecular weight is 673 g/mol. The molecule has 0 bridgehead atoms. The Kier molecular flexibility index (Phi) is 7.83. The van der Waals surface area contributed by atoms with Crippen LogP contribution in [0.15, 0.2) is 175 Å². The van der Waals surface area contributed by atoms with Crippen molar-refractivity contribution in [3.8, 4) is 27.9 Å². The molecule has 1 atom stereocenters. The molecule has 0 amide bonds. The van der Waals surface area contributed by atoms with Gasteiger partial charge < -0.3 is 15.6 Å². The lowest BCUT2D eigenvalue weighted by Gasteiger charge is -2.23. The van der Waals surface area contributed by atoms with E-state index in [0.717, 1.165) is 33.8 Å². The first kappa shape index (κ1) is 31.7. The first-order valence-electron chi connectivity index (χ1n) is 18.0. The van der Waals surface area contributed by atoms with Crippen molar-refractivity contribution in [2.24, 2.45) is 10.7 Å². The number of nitrogens with two attached hydrogens (primary N) is 1. The van der Waals surface area contributed by atoms with E-state index in [1.807, 2.05) is 24.3 Å². The zero-order valence-electron chi connectivity index (χ0n) is 29.4. The van der Waals surface area contributed by atoms with Crippen LogP contribution in [0.1, 0.15) is 47.8 Å². The summed E-state index contributed by atoms with van der Waals surface area (Å²) in [6.07, 6.45) is -0.428. The molecule has 0 aliphatic heterocycles. The third-order valence-corrected chi connectivity index (χ3v) is 10.7. The highest BCUT2D eigenvalue weighted by molar-refractivity contribution is 6.13. The van der Waals surface area contributed by atoms with E-state index in [2.05, 4.69) is 169 Å². The van der Waals surface area contributed by atoms with Crippen molar-refractivity contribution in [2.75, 3.05) is 0 Å². The van der Waals surface area contributed by atoms with E-state index in [0.29, 0.717) is 6.54 Å². The third kappa shape index (κ3) is 5.40. The van der Waals surface area contributed by atoms with Gasteiger partial charge in [-0.2, -0.15) is 0 Å². The van der Waals surface area contributed by atoms with E-state index in [1.165, 1.54) is 49.6 Å². The zero-order valence-corrected chi connectivity index (χ0v) is 29.4. The molecule has 1 aromatic heterocycles. The number of aliphatic imine (C=N–C) groups is 1. The SMILES string of the molecule is CC1(C)c2ccccc2-c2ccc3c4ccccc4n(-c4cccc(CN=C(NC(N)c5ccc(-c6ccccc6)cc5)c5ccccc5)c4)c3c21. The fourth-order valence-electron chi connectivity index (χ4n) is 8.11. The van der Waals surface area contributed by atoms with E-state index in [1.54, 1.807) is 0 Å². The number of rotatable bonds is 7. The predicted octanol–water partition coefficient (Wildman–Crippen LogP) is 11.0. The Morgan fingerprint density at radius 1 is 0.654 bits per heavy atom. The van der Waals surface area contributed by atoms with Crippen LogP contribution in [0.4, 0.5) is 0 Å². The Labute approximate surface area is 304 Å². The summed E-state index contributed by atoms with van der Waals surface area (Å²) < 4.78 is 2.47. The van der Waals surface area contributed by atoms with Crippen molar-refractivity contribution in [2.45, 2.75) is 32.0 Å². The molecule has 4 heteroatoms. The molecule has 252 valence electrons. The maximum absolute atomic E-state index is 6.79. The molecule has 0 saturated heterocycles. The summed E-state index contributed by atoms with van der Waals surface area (Å²) in [6.45, 7) is 5.23. The first-order chi connectivity index (χ1) is 25.5. The standard InChI is InChI=1S/C48H40N4/c1-48(2)42-22-11-9-20-38(42)40-28-29-41-39-21-10-12-23-43(39)52(45(41)44(40)48)37-19-13-14-32(30-37)31-50-47(36-17-7-4-8-18-36)51-46(49)35-26-24-34(25-27-35)33-15-5-3-6-16-33/h3-30,46H,31,49H2,1-2H3,(H,50,51). The Balaban J connectivity index is 1.09. The number of benzene rings is 7. The largest absolute Gasteiger partial charge is 0.351 e. The van der Waals surface area contributed by atoms with E-state index >= 15 is 0 Å². The lowest BCUT2D eigenvalue weighted by atomic mass is 9.81. The highest BCUT2D eigenvalue weighted by Gasteiger charge is 2.38. The van der Waals surface area contributed by atoms with Gasteiger partial charge in [0.1, 0.15) is 12.0 Å². The molecule has 0 saturated carbocycles. The van der Waals surface area contributed by atoms with Gasteiger partial charge in [-0.3, -0.25) is 4.99 Å². The number of para-hydroxylation sites is 1. The van der Waals surface area contributed by atoms with Gasteiger partial charge in [0, 0.05) is 27.4 Å². The second kappa shape index (κ2) is 12.8. The molecule has 1 aliphatic carbocycles. The minimum atomic E-state index is -0.428. The molecule has 0 spiro atoms. The number of nitrogens with one attached hydrogen (secondary N) is 1. The second-order valence-electron chi connectivity index (χ2n) is 14.2. The Bertz CT molecular complexity index is 2600. The smallest absolute Gasteiger partial charge is 0.130 e. The number of aromatic nitrogens is 1. The highest BCUT2D eigenvalue weighted by Crippen LogP contribution is 2.52. The molecule has 0 radical (unpaired) electrons. The van der Waals surface area contributed by atoms with Crippen LogP contribution in [0.2, 0.25) is 0 Å². The number of amidine groups is 1. The maximum atomic E-state index is 6.79. The van der Waals surface area contributed by atoms with Crippen molar-refractivity contribution in [3.63, 3.8) is 0 Å². The van der Waals surface area contributed by atoms with Crippen LogP contribution < -0.4 is 11.1 Å². The van der Waals surface area contributed by atoms with Gasteiger partial charge in [-0.05, 0) is 62.7 Å². The van der Waals surface area contributed by atoms with Crippen LogP contribution in [-0.2, 0) is 12.0 Å². The van der Waals surface area contributed by atoms with E-state index in [-0.39, 0.29) is 5.41 Å². The van der Waals surface area contributed by atoms with Crippen molar-refractivity contribution in [3.05, 3.63) is 198 Å². The quantitative estimate of drug-likeness (QED) is 0.101. The summed E-state index contributed by atoms with van der Waals surface area (Å²) >= 11 is 0. The molecule has 1 unspecified atom stereocenters. The molecule has 3 N–H and O–H groups in total. The number of fused-ring (bicyclic) bond motifs is 7. The summed E-state index contributed by atoms with van der Waals surface area (Å²) in [4.78, 5) is 5.17. The fraction of sp³-hybridized carbons (Fsp3) is 0.104. The molecule has 8 aromatic rings. The highest BCUT2D eigenvalue weighted by atomic mass is 15.1. The van der Waals surface area contributed by atoms with Crippen LogP contribution in [0.25, 0.3) is 49.7 Å². The summed E-state index contributed by atoms with van der Waals surface area (Å²) in [5, 5.41) is 6.08. The monoisotopic (exact) mass is 672 g/mol. The molecule has 52 heavy (non-hydrogen) atoms. The molecule has 0 fully saturated rings. The first-order valence-corrected chi connectivity index (χ1v) is 18.0. The van der Waals surface area contributed by atoms with Gasteiger partial charge in [-0.1, -0.05) is 166 Å².